The Morgan fingerprint density at radius 3 is 2.07 bits per heavy atom. The van der Waals surface area contributed by atoms with E-state index in [2.05, 4.69) is 85.5 Å². The van der Waals surface area contributed by atoms with Gasteiger partial charge in [-0.25, -0.2) is 4.98 Å². The molecule has 2 aliphatic rings. The van der Waals surface area contributed by atoms with Crippen molar-refractivity contribution in [1.29, 1.82) is 0 Å². The first-order chi connectivity index (χ1) is 13.2. The Labute approximate surface area is 180 Å². The van der Waals surface area contributed by atoms with E-state index in [0.717, 1.165) is 23.8 Å². The molecule has 0 spiro atoms. The normalized spacial score (nSPS) is 26.3. The predicted molar refractivity (Wildman–Crippen MR) is 123 cm³/mol. The van der Waals surface area contributed by atoms with Crippen LogP contribution >= 0.6 is 11.3 Å². The average molecular weight is 414 g/mol. The van der Waals surface area contributed by atoms with Crippen molar-refractivity contribution in [2.45, 2.75) is 96.4 Å². The molecule has 158 valence electrons. The lowest BCUT2D eigenvalue weighted by Gasteiger charge is -2.53. The van der Waals surface area contributed by atoms with E-state index in [0.29, 0.717) is 5.92 Å². The van der Waals surface area contributed by atoms with Gasteiger partial charge in [-0.1, -0.05) is 6.07 Å². The van der Waals surface area contributed by atoms with Crippen molar-refractivity contribution in [3.05, 3.63) is 23.2 Å². The van der Waals surface area contributed by atoms with E-state index in [1.807, 2.05) is 11.3 Å². The molecule has 2 saturated heterocycles. The predicted octanol–water partition coefficient (Wildman–Crippen LogP) is 4.96. The number of hydrogen-bond acceptors (Lipinski definition) is 5. The van der Waals surface area contributed by atoms with E-state index in [9.17, 15) is 0 Å². The van der Waals surface area contributed by atoms with Crippen LogP contribution in [0.15, 0.2) is 18.2 Å². The number of likely N-dealkylation sites (tertiary alicyclic amines) is 1. The number of rotatable bonds is 2. The van der Waals surface area contributed by atoms with Gasteiger partial charge in [-0.05, 0) is 92.9 Å². The number of hydrogen-bond donors (Lipinski definition) is 0. The summed E-state index contributed by atoms with van der Waals surface area (Å²) in [6.07, 6.45) is 2.27. The summed E-state index contributed by atoms with van der Waals surface area (Å²) in [6.45, 7) is 17.8. The van der Waals surface area contributed by atoms with E-state index in [-0.39, 0.29) is 29.4 Å². The second kappa shape index (κ2) is 6.52. The Balaban J connectivity index is 1.63. The van der Waals surface area contributed by atoms with Crippen LogP contribution in [0.3, 0.4) is 0 Å². The zero-order valence-corrected chi connectivity index (χ0v) is 20.2. The van der Waals surface area contributed by atoms with Gasteiger partial charge in [0.1, 0.15) is 0 Å². The molecule has 3 heterocycles. The molecule has 2 fully saturated rings. The summed E-state index contributed by atoms with van der Waals surface area (Å²) >= 11 is 1.85. The van der Waals surface area contributed by atoms with Gasteiger partial charge in [0.15, 0.2) is 0 Å². The van der Waals surface area contributed by atoms with E-state index in [1.165, 1.54) is 9.71 Å². The smallest absolute Gasteiger partial charge is 0.399 e. The molecule has 1 aromatic carbocycles. The molecule has 1 aromatic heterocycles. The number of nitrogens with zero attached hydrogens (tertiary/aromatic N) is 2. The number of thiazole rings is 1. The van der Waals surface area contributed by atoms with Crippen LogP contribution in [0.5, 0.6) is 0 Å². The number of piperidine rings is 1. The van der Waals surface area contributed by atoms with Gasteiger partial charge < -0.3 is 9.31 Å². The summed E-state index contributed by atoms with van der Waals surface area (Å²) in [5, 5.41) is 1.26. The minimum Gasteiger partial charge on any atom is -0.399 e. The topological polar surface area (TPSA) is 34.6 Å². The highest BCUT2D eigenvalue weighted by Gasteiger charge is 2.51. The number of fused-ring (bicyclic) bond motifs is 1. The molecule has 2 aliphatic heterocycles. The maximum Gasteiger partial charge on any atom is 0.494 e. The van der Waals surface area contributed by atoms with Crippen LogP contribution in [-0.4, -0.2) is 46.3 Å². The van der Waals surface area contributed by atoms with E-state index in [4.69, 9.17) is 14.3 Å². The van der Waals surface area contributed by atoms with Crippen LogP contribution in [0, 0.1) is 0 Å². The Kier molecular flexibility index (Phi) is 4.79. The Morgan fingerprint density at radius 2 is 1.52 bits per heavy atom. The Hall–Kier alpha value is -0.945. The lowest BCUT2D eigenvalue weighted by molar-refractivity contribution is -0.0128. The molecular formula is C23H35BN2O2S. The van der Waals surface area contributed by atoms with Gasteiger partial charge >= 0.3 is 7.12 Å². The zero-order chi connectivity index (χ0) is 21.4. The highest BCUT2D eigenvalue weighted by atomic mass is 32.1. The molecule has 4 rings (SSSR count). The fourth-order valence-corrected chi connectivity index (χ4v) is 5.86. The average Bonchev–Trinajstić information content (AvgIpc) is 3.09. The van der Waals surface area contributed by atoms with Gasteiger partial charge in [0, 0.05) is 17.0 Å². The van der Waals surface area contributed by atoms with Gasteiger partial charge in [-0.15, -0.1) is 11.3 Å². The molecule has 0 radical (unpaired) electrons. The van der Waals surface area contributed by atoms with E-state index >= 15 is 0 Å². The summed E-state index contributed by atoms with van der Waals surface area (Å²) in [6, 6.07) is 6.47. The third-order valence-corrected chi connectivity index (χ3v) is 8.81. The molecule has 0 unspecified atom stereocenters. The first-order valence-electron chi connectivity index (χ1n) is 10.7. The fourth-order valence-electron chi connectivity index (χ4n) is 4.81. The maximum absolute atomic E-state index is 6.24. The standard InChI is InChI=1S/C23H35BN2O2S/c1-20(2)13-15(14-21(3,4)26(20)9)19-25-17-12-16(10-11-18(17)29-19)24-27-22(5,6)23(7,8)28-24/h10-12,15H,13-14H2,1-9H3. The van der Waals surface area contributed by atoms with Crippen LogP contribution in [0.2, 0.25) is 0 Å². The molecule has 0 N–H and O–H groups in total. The SMILES string of the molecule is CN1C(C)(C)CC(c2nc3cc(B4OC(C)(C)C(C)(C)O4)ccc3s2)CC1(C)C. The van der Waals surface area contributed by atoms with Crippen molar-refractivity contribution in [2.75, 3.05) is 7.05 Å². The molecule has 0 aliphatic carbocycles. The lowest BCUT2D eigenvalue weighted by Crippen LogP contribution is -2.58. The van der Waals surface area contributed by atoms with Crippen LogP contribution in [0.4, 0.5) is 0 Å². The highest BCUT2D eigenvalue weighted by molar-refractivity contribution is 7.18. The molecule has 29 heavy (non-hydrogen) atoms. The van der Waals surface area contributed by atoms with Gasteiger partial charge in [-0.2, -0.15) is 0 Å². The molecule has 2 aromatic rings. The van der Waals surface area contributed by atoms with Gasteiger partial charge in [0.2, 0.25) is 0 Å². The van der Waals surface area contributed by atoms with Gasteiger partial charge in [0.25, 0.3) is 0 Å². The first kappa shape index (κ1) is 21.3. The van der Waals surface area contributed by atoms with Crippen LogP contribution < -0.4 is 5.46 Å². The summed E-state index contributed by atoms with van der Waals surface area (Å²) in [5.41, 5.74) is 1.79. The van der Waals surface area contributed by atoms with Crippen LogP contribution in [-0.2, 0) is 9.31 Å². The molecular weight excluding hydrogens is 379 g/mol. The van der Waals surface area contributed by atoms with E-state index in [1.54, 1.807) is 0 Å². The maximum atomic E-state index is 6.24. The Bertz CT molecular complexity index is 900. The highest BCUT2D eigenvalue weighted by Crippen LogP contribution is 2.46. The fraction of sp³-hybridized carbons (Fsp3) is 0.696. The minimum atomic E-state index is -0.337. The molecule has 6 heteroatoms. The monoisotopic (exact) mass is 414 g/mol. The minimum absolute atomic E-state index is 0.165. The quantitative estimate of drug-likeness (QED) is 0.651. The summed E-state index contributed by atoms with van der Waals surface area (Å²) in [7, 11) is 1.92. The third-order valence-electron chi connectivity index (χ3n) is 7.61. The molecule has 0 amide bonds. The Morgan fingerprint density at radius 1 is 0.966 bits per heavy atom. The van der Waals surface area contributed by atoms with Crippen LogP contribution in [0.25, 0.3) is 10.2 Å². The molecule has 0 atom stereocenters. The van der Waals surface area contributed by atoms with E-state index < -0.39 is 0 Å². The van der Waals surface area contributed by atoms with Crippen molar-refractivity contribution in [3.63, 3.8) is 0 Å². The molecule has 0 bridgehead atoms. The van der Waals surface area contributed by atoms with Crippen LogP contribution in [0.1, 0.15) is 79.2 Å². The largest absolute Gasteiger partial charge is 0.494 e. The molecule has 0 saturated carbocycles. The van der Waals surface area contributed by atoms with Crippen molar-refractivity contribution in [1.82, 2.24) is 9.88 Å². The third kappa shape index (κ3) is 3.56. The summed E-state index contributed by atoms with van der Waals surface area (Å²) < 4.78 is 13.7. The van der Waals surface area contributed by atoms with Gasteiger partial charge in [-0.3, -0.25) is 4.90 Å². The zero-order valence-electron chi connectivity index (χ0n) is 19.4. The second-order valence-electron chi connectivity index (χ2n) is 11.2. The van der Waals surface area contributed by atoms with Crippen molar-refractivity contribution < 1.29 is 9.31 Å². The first-order valence-corrected chi connectivity index (χ1v) is 11.5. The number of aromatic nitrogens is 1. The van der Waals surface area contributed by atoms with Crippen molar-refractivity contribution in [3.8, 4) is 0 Å². The van der Waals surface area contributed by atoms with Crippen molar-refractivity contribution in [2.24, 2.45) is 0 Å². The van der Waals surface area contributed by atoms with Gasteiger partial charge in [0.05, 0.1) is 26.4 Å². The summed E-state index contributed by atoms with van der Waals surface area (Å²) in [5.74, 6) is 0.494. The molecule has 4 nitrogen and oxygen atoms in total. The van der Waals surface area contributed by atoms with Crippen molar-refractivity contribution >= 4 is 34.1 Å². The number of benzene rings is 1. The second-order valence-corrected chi connectivity index (χ2v) is 12.2. The lowest BCUT2D eigenvalue weighted by atomic mass is 9.74. The summed E-state index contributed by atoms with van der Waals surface area (Å²) in [4.78, 5) is 7.61.